The Balaban J connectivity index is 3.21. The van der Waals surface area contributed by atoms with Crippen molar-refractivity contribution in [1.29, 1.82) is 0 Å². The smallest absolute Gasteiger partial charge is 0.355 e. The van der Waals surface area contributed by atoms with Crippen LogP contribution < -0.4 is 0 Å². The van der Waals surface area contributed by atoms with Crippen molar-refractivity contribution in [1.82, 2.24) is 9.78 Å². The number of carbonyl (C=O) groups is 1. The summed E-state index contributed by atoms with van der Waals surface area (Å²) < 4.78 is 2.18. The summed E-state index contributed by atoms with van der Waals surface area (Å²) in [7, 11) is 0. The predicted molar refractivity (Wildman–Crippen MR) is 52.3 cm³/mol. The SMILES string of the molecule is CC(C)n1ncc(I)c1C(=O)O. The second kappa shape index (κ2) is 3.42. The molecular formula is C7H9IN2O2. The largest absolute Gasteiger partial charge is 0.476 e. The fourth-order valence-corrected chi connectivity index (χ4v) is 1.54. The number of rotatable bonds is 2. The Bertz CT molecular complexity index is 306. The maximum atomic E-state index is 10.7. The molecule has 1 rings (SSSR count). The molecule has 1 aromatic rings. The van der Waals surface area contributed by atoms with E-state index < -0.39 is 5.97 Å². The summed E-state index contributed by atoms with van der Waals surface area (Å²) in [6, 6.07) is 0.0830. The first-order valence-corrected chi connectivity index (χ1v) is 4.58. The molecule has 0 bridgehead atoms. The van der Waals surface area contributed by atoms with Crippen LogP contribution in [0.2, 0.25) is 0 Å². The van der Waals surface area contributed by atoms with E-state index in [-0.39, 0.29) is 11.7 Å². The van der Waals surface area contributed by atoms with E-state index in [2.05, 4.69) is 5.10 Å². The highest BCUT2D eigenvalue weighted by Gasteiger charge is 2.17. The lowest BCUT2D eigenvalue weighted by molar-refractivity contribution is 0.0680. The van der Waals surface area contributed by atoms with E-state index in [9.17, 15) is 4.79 Å². The van der Waals surface area contributed by atoms with Crippen molar-refractivity contribution in [2.75, 3.05) is 0 Å². The molecule has 0 amide bonds. The Labute approximate surface area is 83.7 Å². The van der Waals surface area contributed by atoms with Crippen LogP contribution in [0.25, 0.3) is 0 Å². The molecular weight excluding hydrogens is 271 g/mol. The minimum absolute atomic E-state index is 0.0830. The van der Waals surface area contributed by atoms with Gasteiger partial charge in [0, 0.05) is 6.04 Å². The molecule has 66 valence electrons. The number of carboxylic acid groups (broad SMARTS) is 1. The summed E-state index contributed by atoms with van der Waals surface area (Å²) >= 11 is 1.97. The maximum absolute atomic E-state index is 10.7. The van der Waals surface area contributed by atoms with Gasteiger partial charge in [-0.1, -0.05) is 0 Å². The van der Waals surface area contributed by atoms with Crippen molar-refractivity contribution in [3.63, 3.8) is 0 Å². The van der Waals surface area contributed by atoms with Gasteiger partial charge in [0.25, 0.3) is 0 Å². The molecule has 0 saturated carbocycles. The van der Waals surface area contributed by atoms with Crippen LogP contribution >= 0.6 is 22.6 Å². The Morgan fingerprint density at radius 3 is 2.67 bits per heavy atom. The molecule has 0 fully saturated rings. The molecule has 1 heterocycles. The maximum Gasteiger partial charge on any atom is 0.355 e. The van der Waals surface area contributed by atoms with Crippen LogP contribution in [0.15, 0.2) is 6.20 Å². The first-order chi connectivity index (χ1) is 5.54. The summed E-state index contributed by atoms with van der Waals surface area (Å²) in [6.07, 6.45) is 1.56. The van der Waals surface area contributed by atoms with E-state index in [4.69, 9.17) is 5.11 Å². The number of hydrogen-bond acceptors (Lipinski definition) is 2. The van der Waals surface area contributed by atoms with Crippen LogP contribution in [0.3, 0.4) is 0 Å². The van der Waals surface area contributed by atoms with Gasteiger partial charge in [0.05, 0.1) is 9.77 Å². The molecule has 12 heavy (non-hydrogen) atoms. The number of carboxylic acids is 1. The van der Waals surface area contributed by atoms with E-state index in [0.717, 1.165) is 0 Å². The Morgan fingerprint density at radius 2 is 2.33 bits per heavy atom. The average molecular weight is 280 g/mol. The summed E-state index contributed by atoms with van der Waals surface area (Å²) in [6.45, 7) is 3.80. The van der Waals surface area contributed by atoms with E-state index in [0.29, 0.717) is 3.57 Å². The molecule has 0 radical (unpaired) electrons. The van der Waals surface area contributed by atoms with Gasteiger partial charge in [-0.15, -0.1) is 0 Å². The second-order valence-corrected chi connectivity index (χ2v) is 3.85. The zero-order valence-corrected chi connectivity index (χ0v) is 8.94. The first kappa shape index (κ1) is 9.50. The first-order valence-electron chi connectivity index (χ1n) is 3.50. The fourth-order valence-electron chi connectivity index (χ4n) is 0.933. The van der Waals surface area contributed by atoms with Crippen LogP contribution in [-0.2, 0) is 0 Å². The van der Waals surface area contributed by atoms with Gasteiger partial charge in [0.15, 0.2) is 5.69 Å². The standard InChI is InChI=1S/C7H9IN2O2/c1-4(2)10-6(7(11)12)5(8)3-9-10/h3-4H,1-2H3,(H,11,12). The Hall–Kier alpha value is -0.590. The summed E-state index contributed by atoms with van der Waals surface area (Å²) in [5, 5.41) is 12.8. The molecule has 0 aliphatic carbocycles. The normalized spacial score (nSPS) is 10.7. The Kier molecular flexibility index (Phi) is 2.71. The highest BCUT2D eigenvalue weighted by molar-refractivity contribution is 14.1. The molecule has 0 spiro atoms. The number of halogens is 1. The minimum Gasteiger partial charge on any atom is -0.476 e. The lowest BCUT2D eigenvalue weighted by Crippen LogP contribution is -2.12. The third kappa shape index (κ3) is 1.60. The summed E-state index contributed by atoms with van der Waals surface area (Å²) in [4.78, 5) is 10.7. The highest BCUT2D eigenvalue weighted by Crippen LogP contribution is 2.15. The third-order valence-corrected chi connectivity index (χ3v) is 2.23. The molecule has 0 saturated heterocycles. The molecule has 4 nitrogen and oxygen atoms in total. The average Bonchev–Trinajstić information content (AvgIpc) is 2.30. The van der Waals surface area contributed by atoms with Gasteiger partial charge in [-0.25, -0.2) is 4.79 Å². The number of aromatic nitrogens is 2. The molecule has 0 aliphatic heterocycles. The van der Waals surface area contributed by atoms with Gasteiger partial charge in [0.2, 0.25) is 0 Å². The van der Waals surface area contributed by atoms with E-state index in [1.54, 1.807) is 6.20 Å². The molecule has 0 atom stereocenters. The van der Waals surface area contributed by atoms with Crippen molar-refractivity contribution in [2.24, 2.45) is 0 Å². The van der Waals surface area contributed by atoms with Crippen LogP contribution in [0.5, 0.6) is 0 Å². The van der Waals surface area contributed by atoms with Crippen molar-refractivity contribution < 1.29 is 9.90 Å². The van der Waals surface area contributed by atoms with Crippen LogP contribution in [0.1, 0.15) is 30.4 Å². The van der Waals surface area contributed by atoms with Crippen LogP contribution in [-0.4, -0.2) is 20.9 Å². The Morgan fingerprint density at radius 1 is 1.75 bits per heavy atom. The van der Waals surface area contributed by atoms with Gasteiger partial charge >= 0.3 is 5.97 Å². The summed E-state index contributed by atoms with van der Waals surface area (Å²) in [5.74, 6) is -0.925. The van der Waals surface area contributed by atoms with Gasteiger partial charge in [-0.05, 0) is 36.4 Å². The molecule has 0 aliphatic rings. The van der Waals surface area contributed by atoms with Gasteiger partial charge in [-0.2, -0.15) is 5.10 Å². The van der Waals surface area contributed by atoms with E-state index in [1.807, 2.05) is 36.4 Å². The highest BCUT2D eigenvalue weighted by atomic mass is 127. The van der Waals surface area contributed by atoms with Crippen molar-refractivity contribution >= 4 is 28.6 Å². The predicted octanol–water partition coefficient (Wildman–Crippen LogP) is 1.77. The van der Waals surface area contributed by atoms with Crippen molar-refractivity contribution in [3.8, 4) is 0 Å². The minimum atomic E-state index is -0.925. The van der Waals surface area contributed by atoms with Gasteiger partial charge in [0.1, 0.15) is 0 Å². The van der Waals surface area contributed by atoms with Crippen LogP contribution in [0, 0.1) is 3.57 Å². The fraction of sp³-hybridized carbons (Fsp3) is 0.429. The number of aromatic carboxylic acids is 1. The second-order valence-electron chi connectivity index (χ2n) is 2.68. The van der Waals surface area contributed by atoms with E-state index >= 15 is 0 Å². The van der Waals surface area contributed by atoms with Gasteiger partial charge < -0.3 is 5.11 Å². The molecule has 1 N–H and O–H groups in total. The van der Waals surface area contributed by atoms with Crippen LogP contribution in [0.4, 0.5) is 0 Å². The topological polar surface area (TPSA) is 55.1 Å². The molecule has 5 heteroatoms. The van der Waals surface area contributed by atoms with E-state index in [1.165, 1.54) is 4.68 Å². The summed E-state index contributed by atoms with van der Waals surface area (Å²) in [5.41, 5.74) is 0.269. The van der Waals surface area contributed by atoms with Crippen molar-refractivity contribution in [2.45, 2.75) is 19.9 Å². The van der Waals surface area contributed by atoms with Gasteiger partial charge in [-0.3, -0.25) is 4.68 Å². The molecule has 0 aromatic carbocycles. The zero-order chi connectivity index (χ0) is 9.30. The molecule has 1 aromatic heterocycles. The number of hydrogen-bond donors (Lipinski definition) is 1. The number of nitrogens with zero attached hydrogens (tertiary/aromatic N) is 2. The lowest BCUT2D eigenvalue weighted by Gasteiger charge is -2.07. The third-order valence-electron chi connectivity index (χ3n) is 1.44. The zero-order valence-electron chi connectivity index (χ0n) is 6.78. The lowest BCUT2D eigenvalue weighted by atomic mass is 10.3. The molecule has 0 unspecified atom stereocenters. The quantitative estimate of drug-likeness (QED) is 0.840. The van der Waals surface area contributed by atoms with Crippen molar-refractivity contribution in [3.05, 3.63) is 15.5 Å². The monoisotopic (exact) mass is 280 g/mol.